The lowest BCUT2D eigenvalue weighted by molar-refractivity contribution is -0.136. The number of sulfonamides is 1. The number of hydrogen-bond donors (Lipinski definition) is 1. The Hall–Kier alpha value is -1.56. The maximum Gasteiger partial charge on any atom is 0.305 e. The molecule has 1 aromatic rings. The Morgan fingerprint density at radius 3 is 2.40 bits per heavy atom. The van der Waals surface area contributed by atoms with E-state index in [1.54, 1.807) is 12.1 Å². The largest absolute Gasteiger partial charge is 0.481 e. The molecule has 1 aromatic carbocycles. The standard InChI is InChI=1S/C14H21NO4S/c1-11(2)10-20(18,19)15(9-8-14(16)17)13-7-5-4-6-12(13)3/h4-7,11H,8-10H2,1-3H3,(H,16,17). The molecule has 0 saturated heterocycles. The van der Waals surface area contributed by atoms with E-state index in [2.05, 4.69) is 0 Å². The normalized spacial score (nSPS) is 11.6. The quantitative estimate of drug-likeness (QED) is 0.838. The van der Waals surface area contributed by atoms with E-state index in [-0.39, 0.29) is 24.6 Å². The number of para-hydroxylation sites is 1. The second-order valence-corrected chi connectivity index (χ2v) is 7.11. The van der Waals surface area contributed by atoms with Gasteiger partial charge in [-0.3, -0.25) is 9.10 Å². The third-order valence-electron chi connectivity index (χ3n) is 2.79. The fourth-order valence-electron chi connectivity index (χ4n) is 1.96. The van der Waals surface area contributed by atoms with E-state index in [0.29, 0.717) is 5.69 Å². The summed E-state index contributed by atoms with van der Waals surface area (Å²) in [6.07, 6.45) is -0.217. The van der Waals surface area contributed by atoms with Gasteiger partial charge in [0.15, 0.2) is 0 Å². The van der Waals surface area contributed by atoms with Gasteiger partial charge in [-0.05, 0) is 24.5 Å². The highest BCUT2D eigenvalue weighted by atomic mass is 32.2. The molecule has 0 saturated carbocycles. The first-order chi connectivity index (χ1) is 9.24. The van der Waals surface area contributed by atoms with Crippen LogP contribution in [0.15, 0.2) is 24.3 Å². The molecule has 0 aliphatic rings. The molecule has 112 valence electrons. The van der Waals surface area contributed by atoms with Crippen LogP contribution in [0.5, 0.6) is 0 Å². The van der Waals surface area contributed by atoms with Gasteiger partial charge in [-0.1, -0.05) is 32.0 Å². The summed E-state index contributed by atoms with van der Waals surface area (Å²) < 4.78 is 26.1. The number of anilines is 1. The maximum atomic E-state index is 12.4. The zero-order chi connectivity index (χ0) is 15.3. The molecule has 1 rings (SSSR count). The second-order valence-electron chi connectivity index (χ2n) is 5.17. The van der Waals surface area contributed by atoms with Gasteiger partial charge < -0.3 is 5.11 Å². The first-order valence-electron chi connectivity index (χ1n) is 6.52. The molecular formula is C14H21NO4S. The van der Waals surface area contributed by atoms with Crippen LogP contribution in [-0.2, 0) is 14.8 Å². The van der Waals surface area contributed by atoms with Crippen LogP contribution in [0, 0.1) is 12.8 Å². The molecule has 0 unspecified atom stereocenters. The van der Waals surface area contributed by atoms with Crippen LogP contribution >= 0.6 is 0 Å². The summed E-state index contributed by atoms with van der Waals surface area (Å²) in [5, 5.41) is 8.80. The molecule has 0 aliphatic carbocycles. The fraction of sp³-hybridized carbons (Fsp3) is 0.500. The van der Waals surface area contributed by atoms with Crippen LogP contribution in [-0.4, -0.2) is 31.8 Å². The Morgan fingerprint density at radius 1 is 1.30 bits per heavy atom. The zero-order valence-corrected chi connectivity index (χ0v) is 12.9. The second kappa shape index (κ2) is 6.74. The van der Waals surface area contributed by atoms with Crippen molar-refractivity contribution >= 4 is 21.7 Å². The highest BCUT2D eigenvalue weighted by Crippen LogP contribution is 2.24. The first-order valence-corrected chi connectivity index (χ1v) is 8.13. The summed E-state index contributed by atoms with van der Waals surface area (Å²) in [6, 6.07) is 7.09. The average molecular weight is 299 g/mol. The van der Waals surface area contributed by atoms with Crippen LogP contribution in [0.25, 0.3) is 0 Å². The van der Waals surface area contributed by atoms with Gasteiger partial charge in [0.25, 0.3) is 0 Å². The Kier molecular flexibility index (Phi) is 5.56. The molecule has 0 heterocycles. The van der Waals surface area contributed by atoms with Crippen molar-refractivity contribution in [3.8, 4) is 0 Å². The maximum absolute atomic E-state index is 12.4. The van der Waals surface area contributed by atoms with Gasteiger partial charge in [0.1, 0.15) is 0 Å². The lowest BCUT2D eigenvalue weighted by Crippen LogP contribution is -2.36. The first kappa shape index (κ1) is 16.5. The van der Waals surface area contributed by atoms with Crippen LogP contribution < -0.4 is 4.31 Å². The van der Waals surface area contributed by atoms with Gasteiger partial charge >= 0.3 is 5.97 Å². The smallest absolute Gasteiger partial charge is 0.305 e. The van der Waals surface area contributed by atoms with Gasteiger partial charge in [-0.25, -0.2) is 8.42 Å². The van der Waals surface area contributed by atoms with Crippen LogP contribution in [0.4, 0.5) is 5.69 Å². The molecule has 5 nitrogen and oxygen atoms in total. The Balaban J connectivity index is 3.15. The molecule has 0 aliphatic heterocycles. The van der Waals surface area contributed by atoms with Crippen molar-refractivity contribution in [1.82, 2.24) is 0 Å². The minimum atomic E-state index is -3.52. The summed E-state index contributed by atoms with van der Waals surface area (Å²) in [4.78, 5) is 10.7. The van der Waals surface area contributed by atoms with Crippen molar-refractivity contribution in [2.75, 3.05) is 16.6 Å². The topological polar surface area (TPSA) is 74.7 Å². The molecule has 0 bridgehead atoms. The van der Waals surface area contributed by atoms with E-state index in [1.807, 2.05) is 32.9 Å². The predicted molar refractivity (Wildman–Crippen MR) is 79.4 cm³/mol. The summed E-state index contributed by atoms with van der Waals surface area (Å²) in [5.41, 5.74) is 1.36. The third kappa shape index (κ3) is 4.52. The molecule has 0 spiro atoms. The van der Waals surface area contributed by atoms with Crippen LogP contribution in [0.3, 0.4) is 0 Å². The van der Waals surface area contributed by atoms with Crippen molar-refractivity contribution in [1.29, 1.82) is 0 Å². The zero-order valence-electron chi connectivity index (χ0n) is 12.0. The molecule has 0 aromatic heterocycles. The van der Waals surface area contributed by atoms with E-state index in [1.165, 1.54) is 4.31 Å². The van der Waals surface area contributed by atoms with Crippen molar-refractivity contribution in [2.45, 2.75) is 27.2 Å². The summed E-state index contributed by atoms with van der Waals surface area (Å²) >= 11 is 0. The van der Waals surface area contributed by atoms with Crippen molar-refractivity contribution in [3.05, 3.63) is 29.8 Å². The molecule has 6 heteroatoms. The van der Waals surface area contributed by atoms with E-state index < -0.39 is 16.0 Å². The summed E-state index contributed by atoms with van der Waals surface area (Å²) in [6.45, 7) is 5.42. The third-order valence-corrected chi connectivity index (χ3v) is 4.93. The van der Waals surface area contributed by atoms with Gasteiger partial charge in [0.2, 0.25) is 10.0 Å². The van der Waals surface area contributed by atoms with Crippen molar-refractivity contribution in [3.63, 3.8) is 0 Å². The number of aliphatic carboxylic acids is 1. The fourth-order valence-corrected chi connectivity index (χ4v) is 3.86. The highest BCUT2D eigenvalue weighted by Gasteiger charge is 2.25. The lowest BCUT2D eigenvalue weighted by atomic mass is 10.2. The minimum absolute atomic E-state index is 0.000946. The summed E-state index contributed by atoms with van der Waals surface area (Å²) in [5.74, 6) is -1.03. The van der Waals surface area contributed by atoms with Gasteiger partial charge in [0, 0.05) is 6.54 Å². The molecule has 20 heavy (non-hydrogen) atoms. The molecule has 0 fully saturated rings. The molecule has 1 N–H and O–H groups in total. The molecule has 0 atom stereocenters. The number of carbonyl (C=O) groups is 1. The van der Waals surface area contributed by atoms with Crippen LogP contribution in [0.2, 0.25) is 0 Å². The van der Waals surface area contributed by atoms with E-state index in [9.17, 15) is 13.2 Å². The van der Waals surface area contributed by atoms with Crippen molar-refractivity contribution in [2.24, 2.45) is 5.92 Å². The minimum Gasteiger partial charge on any atom is -0.481 e. The Morgan fingerprint density at radius 2 is 1.90 bits per heavy atom. The molecule has 0 radical (unpaired) electrons. The number of benzene rings is 1. The van der Waals surface area contributed by atoms with E-state index in [4.69, 9.17) is 5.11 Å². The van der Waals surface area contributed by atoms with E-state index >= 15 is 0 Å². The van der Waals surface area contributed by atoms with Gasteiger partial charge in [-0.2, -0.15) is 0 Å². The van der Waals surface area contributed by atoms with Crippen LogP contribution in [0.1, 0.15) is 25.8 Å². The monoisotopic (exact) mass is 299 g/mol. The van der Waals surface area contributed by atoms with Crippen molar-refractivity contribution < 1.29 is 18.3 Å². The number of nitrogens with zero attached hydrogens (tertiary/aromatic N) is 1. The highest BCUT2D eigenvalue weighted by molar-refractivity contribution is 7.92. The Bertz CT molecular complexity index is 566. The Labute approximate surface area is 120 Å². The number of carboxylic acids is 1. The number of hydrogen-bond acceptors (Lipinski definition) is 3. The van der Waals surface area contributed by atoms with E-state index in [0.717, 1.165) is 5.56 Å². The molecular weight excluding hydrogens is 278 g/mol. The van der Waals surface area contributed by atoms with Gasteiger partial charge in [0.05, 0.1) is 17.9 Å². The number of carboxylic acid groups (broad SMARTS) is 1. The SMILES string of the molecule is Cc1ccccc1N(CCC(=O)O)S(=O)(=O)CC(C)C. The number of aryl methyl sites for hydroxylation is 1. The molecule has 0 amide bonds. The summed E-state index contributed by atoms with van der Waals surface area (Å²) in [7, 11) is -3.52. The average Bonchev–Trinajstić information content (AvgIpc) is 2.29. The lowest BCUT2D eigenvalue weighted by Gasteiger charge is -2.26. The predicted octanol–water partition coefficient (Wildman–Crippen LogP) is 2.26. The van der Waals surface area contributed by atoms with Gasteiger partial charge in [-0.15, -0.1) is 0 Å². The number of rotatable bonds is 7.